The maximum Gasteiger partial charge on any atom is 0.242 e. The Kier molecular flexibility index (Phi) is 7.65. The number of nitrogens with one attached hydrogen (secondary N) is 1. The standard InChI is InChI=1S/C25H29NOSi/c1-2-3-19-26-27-28(20-23-13-7-4-8-14-23,21-24-15-9-5-10-16-24)22-25-17-11-6-12-18-25/h3-19,26H,2,20-22H2,1H3. The van der Waals surface area contributed by atoms with Crippen LogP contribution in [0, 0.1) is 0 Å². The van der Waals surface area contributed by atoms with Gasteiger partial charge in [-0.2, -0.15) is 0 Å². The smallest absolute Gasteiger partial charge is 0.242 e. The molecule has 0 spiro atoms. The quantitative estimate of drug-likeness (QED) is 0.355. The zero-order valence-corrected chi connectivity index (χ0v) is 17.6. The maximum atomic E-state index is 6.55. The fourth-order valence-electron chi connectivity index (χ4n) is 3.52. The molecule has 3 rings (SSSR count). The monoisotopic (exact) mass is 387 g/mol. The van der Waals surface area contributed by atoms with Crippen molar-refractivity contribution in [1.29, 1.82) is 0 Å². The lowest BCUT2D eigenvalue weighted by Gasteiger charge is -2.31. The van der Waals surface area contributed by atoms with E-state index in [0.717, 1.165) is 24.6 Å². The third kappa shape index (κ3) is 6.22. The normalized spacial score (nSPS) is 11.6. The molecule has 0 aliphatic heterocycles. The second-order valence-electron chi connectivity index (χ2n) is 7.20. The van der Waals surface area contributed by atoms with E-state index in [0.29, 0.717) is 0 Å². The van der Waals surface area contributed by atoms with Crippen molar-refractivity contribution in [3.8, 4) is 0 Å². The van der Waals surface area contributed by atoms with Gasteiger partial charge in [0, 0.05) is 6.20 Å². The molecule has 3 aromatic carbocycles. The Labute approximate surface area is 170 Å². The Morgan fingerprint density at radius 2 is 1.07 bits per heavy atom. The van der Waals surface area contributed by atoms with Crippen molar-refractivity contribution in [2.75, 3.05) is 0 Å². The summed E-state index contributed by atoms with van der Waals surface area (Å²) in [6.07, 6.45) is 5.01. The lowest BCUT2D eigenvalue weighted by molar-refractivity contribution is 0.221. The van der Waals surface area contributed by atoms with Crippen LogP contribution in [0.4, 0.5) is 0 Å². The van der Waals surface area contributed by atoms with E-state index in [-0.39, 0.29) is 0 Å². The summed E-state index contributed by atoms with van der Waals surface area (Å²) in [6.45, 7) is 2.13. The fourth-order valence-corrected chi connectivity index (χ4v) is 7.37. The highest BCUT2D eigenvalue weighted by Gasteiger charge is 2.37. The van der Waals surface area contributed by atoms with E-state index in [2.05, 4.69) is 109 Å². The van der Waals surface area contributed by atoms with Crippen LogP contribution in [0.5, 0.6) is 0 Å². The molecule has 0 saturated carbocycles. The van der Waals surface area contributed by atoms with E-state index in [1.807, 2.05) is 6.20 Å². The van der Waals surface area contributed by atoms with Crippen LogP contribution in [0.1, 0.15) is 30.0 Å². The van der Waals surface area contributed by atoms with E-state index >= 15 is 0 Å². The Morgan fingerprint density at radius 3 is 1.43 bits per heavy atom. The summed E-state index contributed by atoms with van der Waals surface area (Å²) in [5.74, 6) is 0. The highest BCUT2D eigenvalue weighted by Crippen LogP contribution is 2.23. The van der Waals surface area contributed by atoms with E-state index in [1.165, 1.54) is 16.7 Å². The van der Waals surface area contributed by atoms with Crippen LogP contribution in [-0.4, -0.2) is 8.32 Å². The Hall–Kier alpha value is -2.62. The second-order valence-corrected chi connectivity index (χ2v) is 10.8. The molecular formula is C25H29NOSi. The van der Waals surface area contributed by atoms with Gasteiger partial charge in [-0.1, -0.05) is 104 Å². The molecule has 0 heterocycles. The molecule has 1 N–H and O–H groups in total. The molecule has 0 saturated heterocycles. The van der Waals surface area contributed by atoms with Crippen molar-refractivity contribution in [3.05, 3.63) is 120 Å². The molecule has 0 fully saturated rings. The first-order valence-electron chi connectivity index (χ1n) is 10.00. The van der Waals surface area contributed by atoms with Gasteiger partial charge in [-0.25, -0.2) is 0 Å². The van der Waals surface area contributed by atoms with Crippen molar-refractivity contribution in [1.82, 2.24) is 5.48 Å². The van der Waals surface area contributed by atoms with Crippen molar-refractivity contribution >= 4 is 8.32 Å². The fraction of sp³-hybridized carbons (Fsp3) is 0.200. The van der Waals surface area contributed by atoms with Crippen LogP contribution in [0.15, 0.2) is 103 Å². The first-order chi connectivity index (χ1) is 13.8. The molecule has 0 atom stereocenters. The number of hydroxylamine groups is 1. The van der Waals surface area contributed by atoms with Gasteiger partial charge in [0.05, 0.1) is 0 Å². The van der Waals surface area contributed by atoms with Gasteiger partial charge in [-0.15, -0.1) is 0 Å². The van der Waals surface area contributed by atoms with Crippen molar-refractivity contribution in [2.45, 2.75) is 31.5 Å². The van der Waals surface area contributed by atoms with Gasteiger partial charge in [0.2, 0.25) is 8.32 Å². The summed E-state index contributed by atoms with van der Waals surface area (Å²) in [7, 11) is -2.23. The van der Waals surface area contributed by atoms with Crippen molar-refractivity contribution < 1.29 is 4.53 Å². The van der Waals surface area contributed by atoms with Crippen LogP contribution in [-0.2, 0) is 22.7 Å². The number of hydrogen-bond donors (Lipinski definition) is 1. The molecule has 0 radical (unpaired) electrons. The molecule has 3 aromatic rings. The highest BCUT2D eigenvalue weighted by molar-refractivity contribution is 6.72. The highest BCUT2D eigenvalue weighted by atomic mass is 28.4. The zero-order valence-electron chi connectivity index (χ0n) is 16.6. The second kappa shape index (κ2) is 10.6. The molecule has 2 nitrogen and oxygen atoms in total. The average Bonchev–Trinajstić information content (AvgIpc) is 2.73. The minimum absolute atomic E-state index is 0.963. The van der Waals surface area contributed by atoms with E-state index in [9.17, 15) is 0 Å². The van der Waals surface area contributed by atoms with Gasteiger partial charge >= 0.3 is 0 Å². The summed E-state index contributed by atoms with van der Waals surface area (Å²) in [6, 6.07) is 35.1. The third-order valence-electron chi connectivity index (χ3n) is 4.80. The van der Waals surface area contributed by atoms with Crippen molar-refractivity contribution in [3.63, 3.8) is 0 Å². The van der Waals surface area contributed by atoms with Crippen LogP contribution < -0.4 is 5.48 Å². The summed E-state index contributed by atoms with van der Waals surface area (Å²) >= 11 is 0. The van der Waals surface area contributed by atoms with Crippen LogP contribution in [0.25, 0.3) is 0 Å². The number of benzene rings is 3. The molecule has 0 amide bonds. The molecule has 0 bridgehead atoms. The molecule has 0 unspecified atom stereocenters. The molecule has 3 heteroatoms. The Morgan fingerprint density at radius 1 is 0.679 bits per heavy atom. The first kappa shape index (κ1) is 20.1. The molecule has 0 aliphatic carbocycles. The van der Waals surface area contributed by atoms with Crippen LogP contribution >= 0.6 is 0 Å². The van der Waals surface area contributed by atoms with Crippen LogP contribution in [0.2, 0.25) is 0 Å². The van der Waals surface area contributed by atoms with Gasteiger partial charge in [-0.3, -0.25) is 5.48 Å². The van der Waals surface area contributed by atoms with Crippen LogP contribution in [0.3, 0.4) is 0 Å². The SMILES string of the molecule is CCC=CNO[Si](Cc1ccccc1)(Cc1ccccc1)Cc1ccccc1. The average molecular weight is 388 g/mol. The molecule has 0 aromatic heterocycles. The van der Waals surface area contributed by atoms with Gasteiger partial charge in [0.15, 0.2) is 0 Å². The maximum absolute atomic E-state index is 6.55. The molecule has 144 valence electrons. The summed E-state index contributed by atoms with van der Waals surface area (Å²) in [5.41, 5.74) is 7.18. The lowest BCUT2D eigenvalue weighted by atomic mass is 10.2. The molecular weight excluding hydrogens is 358 g/mol. The van der Waals surface area contributed by atoms with E-state index in [4.69, 9.17) is 4.53 Å². The topological polar surface area (TPSA) is 21.3 Å². The summed E-state index contributed by atoms with van der Waals surface area (Å²) in [4.78, 5) is 0. The Bertz CT molecular complexity index is 733. The third-order valence-corrected chi connectivity index (χ3v) is 8.51. The van der Waals surface area contributed by atoms with Gasteiger partial charge in [-0.05, 0) is 41.2 Å². The number of rotatable bonds is 10. The first-order valence-corrected chi connectivity index (χ1v) is 12.5. The van der Waals surface area contributed by atoms with E-state index < -0.39 is 8.32 Å². The molecule has 0 aliphatic rings. The van der Waals surface area contributed by atoms with E-state index in [1.54, 1.807) is 0 Å². The predicted molar refractivity (Wildman–Crippen MR) is 120 cm³/mol. The Balaban J connectivity index is 1.93. The predicted octanol–water partition coefficient (Wildman–Crippen LogP) is 5.72. The van der Waals surface area contributed by atoms with Gasteiger partial charge in [0.1, 0.15) is 0 Å². The van der Waals surface area contributed by atoms with Gasteiger partial charge < -0.3 is 4.53 Å². The minimum atomic E-state index is -2.23. The van der Waals surface area contributed by atoms with Crippen molar-refractivity contribution in [2.24, 2.45) is 0 Å². The molecule has 28 heavy (non-hydrogen) atoms. The number of hydrogen-bond acceptors (Lipinski definition) is 2. The van der Waals surface area contributed by atoms with Gasteiger partial charge in [0.25, 0.3) is 0 Å². The summed E-state index contributed by atoms with van der Waals surface area (Å²) < 4.78 is 6.55. The largest absolute Gasteiger partial charge is 0.321 e. The number of allylic oxidation sites excluding steroid dienone is 1. The zero-order chi connectivity index (χ0) is 19.5. The minimum Gasteiger partial charge on any atom is -0.321 e. The lowest BCUT2D eigenvalue weighted by Crippen LogP contribution is -2.50. The summed E-state index contributed by atoms with van der Waals surface area (Å²) in [5, 5.41) is 0.